The fraction of sp³-hybridized carbons (Fsp3) is 0.316. The highest BCUT2D eigenvalue weighted by atomic mass is 19.1. The molecule has 0 atom stereocenters. The van der Waals surface area contributed by atoms with Gasteiger partial charge >= 0.3 is 0 Å². The molecule has 0 bridgehead atoms. The Morgan fingerprint density at radius 3 is 2.74 bits per heavy atom. The van der Waals surface area contributed by atoms with Crippen molar-refractivity contribution in [3.8, 4) is 11.1 Å². The average molecular weight is 370 g/mol. The molecule has 1 amide bonds. The number of amides is 1. The molecule has 0 aliphatic carbocycles. The molecule has 8 heteroatoms. The Bertz CT molecular complexity index is 930. The van der Waals surface area contributed by atoms with E-state index in [1.165, 1.54) is 19.1 Å². The maximum absolute atomic E-state index is 14.1. The van der Waals surface area contributed by atoms with Gasteiger partial charge in [0.15, 0.2) is 0 Å². The molecule has 2 aromatic rings. The van der Waals surface area contributed by atoms with Gasteiger partial charge in [0.2, 0.25) is 5.91 Å². The minimum atomic E-state index is -0.403. The van der Waals surface area contributed by atoms with E-state index < -0.39 is 5.82 Å². The smallest absolute Gasteiger partial charge is 0.219 e. The molecule has 1 aromatic heterocycles. The zero-order valence-electron chi connectivity index (χ0n) is 15.7. The summed E-state index contributed by atoms with van der Waals surface area (Å²) in [6, 6.07) is 4.53. The summed E-state index contributed by atoms with van der Waals surface area (Å²) in [5.41, 5.74) is 9.80. The van der Waals surface area contributed by atoms with Gasteiger partial charge in [0.25, 0.3) is 0 Å². The number of carbonyl (C=O) groups is 1. The van der Waals surface area contributed by atoms with E-state index in [-0.39, 0.29) is 11.7 Å². The van der Waals surface area contributed by atoms with Crippen molar-refractivity contribution in [2.24, 2.45) is 17.8 Å². The topological polar surface area (TPSA) is 88.5 Å². The third kappa shape index (κ3) is 4.16. The summed E-state index contributed by atoms with van der Waals surface area (Å²) < 4.78 is 15.8. The van der Waals surface area contributed by atoms with Gasteiger partial charge in [-0.05, 0) is 23.8 Å². The molecule has 7 nitrogen and oxygen atoms in total. The molecule has 0 saturated carbocycles. The lowest BCUT2D eigenvalue weighted by molar-refractivity contribution is -0.128. The Hall–Kier alpha value is -3.16. The molecule has 0 spiro atoms. The predicted octanol–water partition coefficient (Wildman–Crippen LogP) is 1.94. The number of aliphatic imine (C=N–C) groups is 1. The Kier molecular flexibility index (Phi) is 5.25. The van der Waals surface area contributed by atoms with Crippen LogP contribution in [0.25, 0.3) is 11.1 Å². The van der Waals surface area contributed by atoms with Gasteiger partial charge < -0.3 is 16.0 Å². The molecule has 142 valence electrons. The highest BCUT2D eigenvalue weighted by molar-refractivity contribution is 6.00. The van der Waals surface area contributed by atoms with Crippen molar-refractivity contribution in [3.05, 3.63) is 47.7 Å². The van der Waals surface area contributed by atoms with Crippen LogP contribution in [0.2, 0.25) is 0 Å². The number of hydrogen-bond donors (Lipinski definition) is 2. The molecule has 0 fully saturated rings. The first-order valence-corrected chi connectivity index (χ1v) is 8.67. The lowest BCUT2D eigenvalue weighted by atomic mass is 10.0. The Morgan fingerprint density at radius 2 is 2.11 bits per heavy atom. The van der Waals surface area contributed by atoms with Crippen LogP contribution in [0.15, 0.2) is 46.9 Å². The lowest BCUT2D eigenvalue weighted by Crippen LogP contribution is -2.40. The molecule has 27 heavy (non-hydrogen) atoms. The van der Waals surface area contributed by atoms with Crippen molar-refractivity contribution in [2.45, 2.75) is 13.3 Å². The number of nitrogens with one attached hydrogen (secondary N) is 1. The first-order valence-electron chi connectivity index (χ1n) is 8.67. The van der Waals surface area contributed by atoms with Gasteiger partial charge in [-0.25, -0.2) is 9.38 Å². The predicted molar refractivity (Wildman–Crippen MR) is 103 cm³/mol. The third-order valence-electron chi connectivity index (χ3n) is 4.57. The van der Waals surface area contributed by atoms with E-state index in [1.807, 2.05) is 7.05 Å². The molecular weight excluding hydrogens is 347 g/mol. The van der Waals surface area contributed by atoms with Gasteiger partial charge in [-0.2, -0.15) is 5.10 Å². The molecular formula is C19H23FN6O. The van der Waals surface area contributed by atoms with Crippen LogP contribution in [0.4, 0.5) is 10.1 Å². The van der Waals surface area contributed by atoms with E-state index in [1.54, 1.807) is 35.1 Å². The molecule has 0 radical (unpaired) electrons. The van der Waals surface area contributed by atoms with E-state index in [9.17, 15) is 9.18 Å². The number of halogens is 1. The van der Waals surface area contributed by atoms with Gasteiger partial charge in [0.1, 0.15) is 11.7 Å². The van der Waals surface area contributed by atoms with Gasteiger partial charge in [-0.15, -0.1) is 0 Å². The summed E-state index contributed by atoms with van der Waals surface area (Å²) in [6.07, 6.45) is 4.14. The second kappa shape index (κ2) is 7.61. The average Bonchev–Trinajstić information content (AvgIpc) is 3.07. The summed E-state index contributed by atoms with van der Waals surface area (Å²) in [7, 11) is 3.62. The number of nitrogens with two attached hydrogens (primary N) is 1. The first kappa shape index (κ1) is 18.6. The minimum absolute atomic E-state index is 0.0138. The van der Waals surface area contributed by atoms with Crippen LogP contribution in [0.5, 0.6) is 0 Å². The van der Waals surface area contributed by atoms with Crippen LogP contribution in [0, 0.1) is 5.82 Å². The molecule has 3 rings (SSSR count). The molecule has 1 aromatic carbocycles. The molecule has 1 aliphatic rings. The number of aromatic nitrogens is 2. The first-order chi connectivity index (χ1) is 12.9. The monoisotopic (exact) mass is 370 g/mol. The van der Waals surface area contributed by atoms with Crippen LogP contribution in [0.3, 0.4) is 0 Å². The second-order valence-corrected chi connectivity index (χ2v) is 6.50. The van der Waals surface area contributed by atoms with Crippen LogP contribution in [-0.2, 0) is 11.8 Å². The summed E-state index contributed by atoms with van der Waals surface area (Å²) in [5.74, 6) is -0.146. The number of rotatable bonds is 4. The van der Waals surface area contributed by atoms with E-state index in [2.05, 4.69) is 15.4 Å². The number of hydrogen-bond acceptors (Lipinski definition) is 4. The quantitative estimate of drug-likeness (QED) is 0.636. The van der Waals surface area contributed by atoms with Crippen LogP contribution >= 0.6 is 0 Å². The number of amidine groups is 1. The summed E-state index contributed by atoms with van der Waals surface area (Å²) in [6.45, 7) is 2.54. The highest BCUT2D eigenvalue weighted by Crippen LogP contribution is 2.26. The summed E-state index contributed by atoms with van der Waals surface area (Å²) >= 11 is 0. The van der Waals surface area contributed by atoms with Gasteiger partial charge in [-0.1, -0.05) is 0 Å². The van der Waals surface area contributed by atoms with Gasteiger partial charge in [-0.3, -0.25) is 9.48 Å². The maximum Gasteiger partial charge on any atom is 0.219 e. The lowest BCUT2D eigenvalue weighted by Gasteiger charge is -2.29. The molecule has 1 aliphatic heterocycles. The standard InChI is InChI=1S/C19H23FN6O/c1-12(27)26-5-4-18(22-2)17(11-26)19(21)24-16-7-13(6-15(20)8-16)14-9-23-25(3)10-14/h6-10,22H,4-5,11H2,1-3H3,(H2,21,24). The SMILES string of the molecule is CNC1=C(C(N)=Nc2cc(F)cc(-c3cnn(C)c3)c2)CN(C(C)=O)CC1. The van der Waals surface area contributed by atoms with Crippen molar-refractivity contribution in [3.63, 3.8) is 0 Å². The molecule has 0 unspecified atom stereocenters. The molecule has 2 heterocycles. The van der Waals surface area contributed by atoms with Crippen LogP contribution < -0.4 is 11.1 Å². The Balaban J connectivity index is 1.96. The van der Waals surface area contributed by atoms with Crippen molar-refractivity contribution in [1.82, 2.24) is 20.0 Å². The van der Waals surface area contributed by atoms with Crippen molar-refractivity contribution in [2.75, 3.05) is 20.1 Å². The summed E-state index contributed by atoms with van der Waals surface area (Å²) in [4.78, 5) is 17.8. The number of nitrogens with zero attached hydrogens (tertiary/aromatic N) is 4. The molecule has 0 saturated heterocycles. The fourth-order valence-corrected chi connectivity index (χ4v) is 3.13. The number of benzene rings is 1. The Labute approximate surface area is 157 Å². The zero-order valence-corrected chi connectivity index (χ0v) is 15.7. The zero-order chi connectivity index (χ0) is 19.6. The number of carbonyl (C=O) groups excluding carboxylic acids is 1. The van der Waals surface area contributed by atoms with Crippen molar-refractivity contribution < 1.29 is 9.18 Å². The highest BCUT2D eigenvalue weighted by Gasteiger charge is 2.22. The van der Waals surface area contributed by atoms with Gasteiger partial charge in [0.05, 0.1) is 18.4 Å². The largest absolute Gasteiger partial charge is 0.391 e. The number of aryl methyl sites for hydroxylation is 1. The van der Waals surface area contributed by atoms with E-state index in [0.717, 1.165) is 16.8 Å². The fourth-order valence-electron chi connectivity index (χ4n) is 3.13. The van der Waals surface area contributed by atoms with Crippen molar-refractivity contribution >= 4 is 17.4 Å². The molecule has 3 N–H and O–H groups in total. The third-order valence-corrected chi connectivity index (χ3v) is 4.57. The maximum atomic E-state index is 14.1. The van der Waals surface area contributed by atoms with Gasteiger partial charge in [0, 0.05) is 57.0 Å². The second-order valence-electron chi connectivity index (χ2n) is 6.50. The van der Waals surface area contributed by atoms with E-state index >= 15 is 0 Å². The van der Waals surface area contributed by atoms with E-state index in [4.69, 9.17) is 5.73 Å². The Morgan fingerprint density at radius 1 is 1.33 bits per heavy atom. The normalized spacial score (nSPS) is 15.3. The van der Waals surface area contributed by atoms with Crippen LogP contribution in [0.1, 0.15) is 13.3 Å². The van der Waals surface area contributed by atoms with Crippen molar-refractivity contribution in [1.29, 1.82) is 0 Å². The van der Waals surface area contributed by atoms with Crippen LogP contribution in [-0.4, -0.2) is 46.6 Å². The van der Waals surface area contributed by atoms with E-state index in [0.29, 0.717) is 30.8 Å². The summed E-state index contributed by atoms with van der Waals surface area (Å²) in [5, 5.41) is 7.24. The minimum Gasteiger partial charge on any atom is -0.391 e.